The van der Waals surface area contributed by atoms with E-state index in [4.69, 9.17) is 4.74 Å². The van der Waals surface area contributed by atoms with Gasteiger partial charge in [-0.1, -0.05) is 0 Å². The maximum absolute atomic E-state index is 9.59. The van der Waals surface area contributed by atoms with Crippen molar-refractivity contribution >= 4 is 0 Å². The van der Waals surface area contributed by atoms with Crippen LogP contribution >= 0.6 is 0 Å². The number of hydrogen-bond acceptors (Lipinski definition) is 4. The van der Waals surface area contributed by atoms with Gasteiger partial charge in [-0.2, -0.15) is 0 Å². The van der Waals surface area contributed by atoms with Crippen molar-refractivity contribution in [3.8, 4) is 0 Å². The van der Waals surface area contributed by atoms with Gasteiger partial charge < -0.3 is 15.2 Å². The smallest absolute Gasteiger partial charge is 0.0994 e. The molecule has 0 aromatic carbocycles. The largest absolute Gasteiger partial charge is 0.393 e. The summed E-state index contributed by atoms with van der Waals surface area (Å²) < 4.78 is 6.00. The van der Waals surface area contributed by atoms with Crippen LogP contribution in [0.3, 0.4) is 0 Å². The highest BCUT2D eigenvalue weighted by atomic mass is 16.5. The average Bonchev–Trinajstić information content (AvgIpc) is 2.69. The minimum atomic E-state index is -0.0953. The van der Waals surface area contributed by atoms with Gasteiger partial charge in [0, 0.05) is 13.1 Å². The van der Waals surface area contributed by atoms with Gasteiger partial charge in [-0.3, -0.25) is 4.90 Å². The standard InChI is InChI=1S/C13H26N2O2/c16-12-3-2-9-15(10-6-12)11-17-13-4-1-7-14-8-5-13/h12-14,16H,1-11H2. The number of hydrogen-bond donors (Lipinski definition) is 2. The fourth-order valence-electron chi connectivity index (χ4n) is 2.63. The highest BCUT2D eigenvalue weighted by Crippen LogP contribution is 2.13. The number of ether oxygens (including phenoxy) is 1. The first kappa shape index (κ1) is 13.3. The fourth-order valence-corrected chi connectivity index (χ4v) is 2.63. The molecule has 0 aromatic rings. The van der Waals surface area contributed by atoms with Gasteiger partial charge in [0.15, 0.2) is 0 Å². The lowest BCUT2D eigenvalue weighted by Crippen LogP contribution is -2.31. The first-order valence-corrected chi connectivity index (χ1v) is 7.07. The maximum atomic E-state index is 9.59. The van der Waals surface area contributed by atoms with E-state index in [0.717, 1.165) is 58.6 Å². The van der Waals surface area contributed by atoms with Crippen LogP contribution in [0.1, 0.15) is 38.5 Å². The molecule has 2 atom stereocenters. The molecule has 2 aliphatic rings. The van der Waals surface area contributed by atoms with Gasteiger partial charge >= 0.3 is 0 Å². The van der Waals surface area contributed by atoms with Crippen molar-refractivity contribution in [3.63, 3.8) is 0 Å². The van der Waals surface area contributed by atoms with E-state index in [0.29, 0.717) is 6.10 Å². The third-order valence-electron chi connectivity index (χ3n) is 3.81. The number of aliphatic hydroxyl groups is 1. The highest BCUT2D eigenvalue weighted by molar-refractivity contribution is 4.69. The van der Waals surface area contributed by atoms with E-state index >= 15 is 0 Å². The fraction of sp³-hybridized carbons (Fsp3) is 1.00. The molecule has 2 unspecified atom stereocenters. The number of nitrogens with zero attached hydrogens (tertiary/aromatic N) is 1. The molecular weight excluding hydrogens is 216 g/mol. The summed E-state index contributed by atoms with van der Waals surface area (Å²) in [7, 11) is 0. The summed E-state index contributed by atoms with van der Waals surface area (Å²) in [6, 6.07) is 0. The molecule has 0 aromatic heterocycles. The SMILES string of the molecule is OC1CCCN(COC2CCCNCC2)CC1. The third kappa shape index (κ3) is 4.92. The summed E-state index contributed by atoms with van der Waals surface area (Å²) in [5.74, 6) is 0. The predicted molar refractivity (Wildman–Crippen MR) is 67.9 cm³/mol. The van der Waals surface area contributed by atoms with Crippen molar-refractivity contribution in [1.82, 2.24) is 10.2 Å². The van der Waals surface area contributed by atoms with Crippen molar-refractivity contribution in [3.05, 3.63) is 0 Å². The van der Waals surface area contributed by atoms with Gasteiger partial charge in [0.1, 0.15) is 0 Å². The van der Waals surface area contributed by atoms with Crippen molar-refractivity contribution in [2.75, 3.05) is 32.9 Å². The van der Waals surface area contributed by atoms with Crippen LogP contribution in [0.25, 0.3) is 0 Å². The molecule has 17 heavy (non-hydrogen) atoms. The first-order chi connectivity index (χ1) is 8.34. The molecule has 4 heteroatoms. The lowest BCUT2D eigenvalue weighted by Gasteiger charge is -2.23. The van der Waals surface area contributed by atoms with Crippen LogP contribution in [-0.2, 0) is 4.74 Å². The normalized spacial score (nSPS) is 33.0. The number of aliphatic hydroxyl groups excluding tert-OH is 1. The Labute approximate surface area is 104 Å². The Morgan fingerprint density at radius 1 is 1.06 bits per heavy atom. The second kappa shape index (κ2) is 7.31. The Kier molecular flexibility index (Phi) is 5.71. The summed E-state index contributed by atoms with van der Waals surface area (Å²) >= 11 is 0. The lowest BCUT2D eigenvalue weighted by molar-refractivity contribution is -0.0268. The molecule has 4 nitrogen and oxygen atoms in total. The highest BCUT2D eigenvalue weighted by Gasteiger charge is 2.17. The minimum Gasteiger partial charge on any atom is -0.393 e. The van der Waals surface area contributed by atoms with Crippen LogP contribution < -0.4 is 5.32 Å². The van der Waals surface area contributed by atoms with Gasteiger partial charge in [-0.25, -0.2) is 0 Å². The molecule has 2 heterocycles. The summed E-state index contributed by atoms with van der Waals surface area (Å²) in [5, 5.41) is 13.0. The lowest BCUT2D eigenvalue weighted by atomic mass is 10.2. The number of likely N-dealkylation sites (tertiary alicyclic amines) is 1. The molecule has 2 saturated heterocycles. The molecule has 0 radical (unpaired) electrons. The zero-order chi connectivity index (χ0) is 11.9. The van der Waals surface area contributed by atoms with Gasteiger partial charge in [-0.05, 0) is 51.6 Å². The summed E-state index contributed by atoms with van der Waals surface area (Å²) in [6.45, 7) is 5.02. The summed E-state index contributed by atoms with van der Waals surface area (Å²) in [6.07, 6.45) is 6.82. The molecule has 0 bridgehead atoms. The first-order valence-electron chi connectivity index (χ1n) is 7.07. The Morgan fingerprint density at radius 3 is 2.94 bits per heavy atom. The van der Waals surface area contributed by atoms with Crippen molar-refractivity contribution in [2.45, 2.75) is 50.7 Å². The van der Waals surface area contributed by atoms with Crippen molar-refractivity contribution in [2.24, 2.45) is 0 Å². The molecule has 2 fully saturated rings. The van der Waals surface area contributed by atoms with E-state index in [1.807, 2.05) is 0 Å². The van der Waals surface area contributed by atoms with E-state index in [2.05, 4.69) is 10.2 Å². The van der Waals surface area contributed by atoms with Crippen molar-refractivity contribution in [1.29, 1.82) is 0 Å². The Hall–Kier alpha value is -0.160. The van der Waals surface area contributed by atoms with E-state index in [9.17, 15) is 5.11 Å². The molecule has 0 spiro atoms. The summed E-state index contributed by atoms with van der Waals surface area (Å²) in [5.41, 5.74) is 0. The van der Waals surface area contributed by atoms with E-state index < -0.39 is 0 Å². The third-order valence-corrected chi connectivity index (χ3v) is 3.81. The van der Waals surface area contributed by atoms with Gasteiger partial charge in [0.2, 0.25) is 0 Å². The maximum Gasteiger partial charge on any atom is 0.0994 e. The molecule has 100 valence electrons. The Balaban J connectivity index is 1.66. The summed E-state index contributed by atoms with van der Waals surface area (Å²) in [4.78, 5) is 2.34. The number of rotatable bonds is 3. The predicted octanol–water partition coefficient (Wildman–Crippen LogP) is 0.949. The molecular formula is C13H26N2O2. The van der Waals surface area contributed by atoms with E-state index in [-0.39, 0.29) is 6.10 Å². The minimum absolute atomic E-state index is 0.0953. The van der Waals surface area contributed by atoms with Crippen LogP contribution in [0.15, 0.2) is 0 Å². The molecule has 0 saturated carbocycles. The van der Waals surface area contributed by atoms with Crippen LogP contribution in [0.2, 0.25) is 0 Å². The molecule has 2 aliphatic heterocycles. The van der Waals surface area contributed by atoms with Crippen molar-refractivity contribution < 1.29 is 9.84 Å². The molecule has 0 aliphatic carbocycles. The van der Waals surface area contributed by atoms with Crippen LogP contribution in [-0.4, -0.2) is 55.1 Å². The van der Waals surface area contributed by atoms with E-state index in [1.54, 1.807) is 0 Å². The topological polar surface area (TPSA) is 44.7 Å². The van der Waals surface area contributed by atoms with Gasteiger partial charge in [-0.15, -0.1) is 0 Å². The van der Waals surface area contributed by atoms with Crippen LogP contribution in [0.4, 0.5) is 0 Å². The average molecular weight is 242 g/mol. The zero-order valence-electron chi connectivity index (χ0n) is 10.7. The molecule has 2 N–H and O–H groups in total. The second-order valence-corrected chi connectivity index (χ2v) is 5.30. The number of nitrogens with one attached hydrogen (secondary N) is 1. The quantitative estimate of drug-likeness (QED) is 0.773. The van der Waals surface area contributed by atoms with Gasteiger partial charge in [0.05, 0.1) is 18.9 Å². The molecule has 0 amide bonds. The second-order valence-electron chi connectivity index (χ2n) is 5.30. The van der Waals surface area contributed by atoms with Gasteiger partial charge in [0.25, 0.3) is 0 Å². The monoisotopic (exact) mass is 242 g/mol. The van der Waals surface area contributed by atoms with Crippen LogP contribution in [0.5, 0.6) is 0 Å². The Bertz CT molecular complexity index is 206. The van der Waals surface area contributed by atoms with E-state index in [1.165, 1.54) is 12.8 Å². The Morgan fingerprint density at radius 2 is 2.00 bits per heavy atom. The zero-order valence-corrected chi connectivity index (χ0v) is 10.7. The molecule has 2 rings (SSSR count). The van der Waals surface area contributed by atoms with Crippen LogP contribution in [0, 0.1) is 0 Å².